The Morgan fingerprint density at radius 3 is 1.87 bits per heavy atom. The lowest BCUT2D eigenvalue weighted by Crippen LogP contribution is -2.33. The van der Waals surface area contributed by atoms with Crippen molar-refractivity contribution in [3.05, 3.63) is 71.8 Å². The molecule has 2 atom stereocenters. The molecule has 2 rings (SSSR count). The van der Waals surface area contributed by atoms with Crippen LogP contribution in [-0.4, -0.2) is 30.2 Å². The van der Waals surface area contributed by atoms with Gasteiger partial charge < -0.3 is 19.4 Å². The highest BCUT2D eigenvalue weighted by Crippen LogP contribution is 2.13. The molecular formula is C19H22O4. The molecule has 0 aromatic heterocycles. The molecule has 0 spiro atoms. The van der Waals surface area contributed by atoms with Gasteiger partial charge in [0, 0.05) is 6.61 Å². The van der Waals surface area contributed by atoms with Crippen LogP contribution in [0.25, 0.3) is 0 Å². The van der Waals surface area contributed by atoms with Crippen LogP contribution in [0.2, 0.25) is 0 Å². The van der Waals surface area contributed by atoms with Gasteiger partial charge in [-0.2, -0.15) is 0 Å². The van der Waals surface area contributed by atoms with Gasteiger partial charge in [-0.3, -0.25) is 0 Å². The summed E-state index contributed by atoms with van der Waals surface area (Å²) in [4.78, 5) is 11.4. The Bertz CT molecular complexity index is 556. The third-order valence-corrected chi connectivity index (χ3v) is 3.51. The van der Waals surface area contributed by atoms with Crippen LogP contribution in [-0.2, 0) is 27.5 Å². The molecule has 0 aliphatic rings. The number of ether oxygens (including phenoxy) is 2. The summed E-state index contributed by atoms with van der Waals surface area (Å²) < 4.78 is 11.5. The molecule has 0 bridgehead atoms. The van der Waals surface area contributed by atoms with Crippen LogP contribution in [0, 0.1) is 0 Å². The molecule has 0 fully saturated rings. The van der Waals surface area contributed by atoms with E-state index in [1.807, 2.05) is 60.7 Å². The molecule has 2 aromatic rings. The summed E-state index contributed by atoms with van der Waals surface area (Å²) in [5, 5.41) is 9.21. The number of aliphatic hydroxyl groups is 1. The molecule has 0 saturated carbocycles. The molecule has 0 unspecified atom stereocenters. The lowest BCUT2D eigenvalue weighted by atomic mass is 10.1. The van der Waals surface area contributed by atoms with Crippen molar-refractivity contribution in [2.24, 2.45) is 0 Å². The highest BCUT2D eigenvalue weighted by molar-refractivity contribution is 5.57. The molecule has 1 N–H and O–H groups in total. The molecule has 0 aliphatic heterocycles. The van der Waals surface area contributed by atoms with Crippen LogP contribution in [0.4, 0.5) is 0 Å². The van der Waals surface area contributed by atoms with Gasteiger partial charge in [-0.15, -0.1) is 0 Å². The van der Waals surface area contributed by atoms with Gasteiger partial charge in [-0.25, -0.2) is 0 Å². The predicted molar refractivity (Wildman–Crippen MR) is 87.8 cm³/mol. The first-order valence-corrected chi connectivity index (χ1v) is 7.70. The summed E-state index contributed by atoms with van der Waals surface area (Å²) in [7, 11) is 0. The Labute approximate surface area is 136 Å². The normalized spacial score (nSPS) is 13.4. The first-order chi connectivity index (χ1) is 11.3. The van der Waals surface area contributed by atoms with Gasteiger partial charge in [-0.1, -0.05) is 60.7 Å². The molecule has 2 aromatic carbocycles. The van der Waals surface area contributed by atoms with E-state index in [2.05, 4.69) is 0 Å². The minimum Gasteiger partial charge on any atom is -0.396 e. The number of aldehydes is 1. The fourth-order valence-electron chi connectivity index (χ4n) is 2.25. The fraction of sp³-hybridized carbons (Fsp3) is 0.316. The number of rotatable bonds is 10. The van der Waals surface area contributed by atoms with E-state index in [9.17, 15) is 9.90 Å². The molecule has 4 nitrogen and oxygen atoms in total. The van der Waals surface area contributed by atoms with Gasteiger partial charge in [0.2, 0.25) is 0 Å². The zero-order valence-corrected chi connectivity index (χ0v) is 13.0. The molecule has 23 heavy (non-hydrogen) atoms. The number of benzene rings is 2. The lowest BCUT2D eigenvalue weighted by molar-refractivity contribution is -0.134. The van der Waals surface area contributed by atoms with Crippen LogP contribution >= 0.6 is 0 Å². The second-order valence-corrected chi connectivity index (χ2v) is 5.24. The lowest BCUT2D eigenvalue weighted by Gasteiger charge is -2.23. The monoisotopic (exact) mass is 314 g/mol. The summed E-state index contributed by atoms with van der Waals surface area (Å²) >= 11 is 0. The zero-order valence-electron chi connectivity index (χ0n) is 13.0. The third-order valence-electron chi connectivity index (χ3n) is 3.51. The summed E-state index contributed by atoms with van der Waals surface area (Å²) in [6, 6.07) is 19.4. The maximum Gasteiger partial charge on any atom is 0.151 e. The van der Waals surface area contributed by atoms with Crippen LogP contribution in [0.3, 0.4) is 0 Å². The van der Waals surface area contributed by atoms with Gasteiger partial charge in [0.1, 0.15) is 6.10 Å². The van der Waals surface area contributed by atoms with Crippen molar-refractivity contribution in [3.63, 3.8) is 0 Å². The molecule has 0 radical (unpaired) electrons. The fourth-order valence-corrected chi connectivity index (χ4v) is 2.25. The van der Waals surface area contributed by atoms with Crippen molar-refractivity contribution in [2.45, 2.75) is 31.8 Å². The van der Waals surface area contributed by atoms with Crippen molar-refractivity contribution < 1.29 is 19.4 Å². The SMILES string of the molecule is O=C[C@@H](OCc1ccccc1)[C@H](CCO)OCc1ccccc1. The van der Waals surface area contributed by atoms with E-state index in [1.54, 1.807) is 0 Å². The Hall–Kier alpha value is -2.01. The van der Waals surface area contributed by atoms with Crippen molar-refractivity contribution in [1.82, 2.24) is 0 Å². The quantitative estimate of drug-likeness (QED) is 0.685. The maximum absolute atomic E-state index is 11.4. The van der Waals surface area contributed by atoms with E-state index in [4.69, 9.17) is 9.47 Å². The van der Waals surface area contributed by atoms with E-state index in [1.165, 1.54) is 0 Å². The number of aliphatic hydroxyl groups excluding tert-OH is 1. The predicted octanol–water partition coefficient (Wildman–Crippen LogP) is 2.74. The number of carbonyl (C=O) groups excluding carboxylic acids is 1. The molecule has 0 heterocycles. The van der Waals surface area contributed by atoms with Crippen molar-refractivity contribution in [2.75, 3.05) is 6.61 Å². The maximum atomic E-state index is 11.4. The number of carbonyl (C=O) groups is 1. The highest BCUT2D eigenvalue weighted by atomic mass is 16.5. The van der Waals surface area contributed by atoms with Crippen molar-refractivity contribution >= 4 is 6.29 Å². The standard InChI is InChI=1S/C19H22O4/c20-12-11-18(22-14-16-7-3-1-4-8-16)19(13-21)23-15-17-9-5-2-6-10-17/h1-10,13,18-20H,11-12,14-15H2/t18-,19+/m0/s1. The Morgan fingerprint density at radius 2 is 1.39 bits per heavy atom. The van der Waals surface area contributed by atoms with E-state index >= 15 is 0 Å². The minimum atomic E-state index is -0.703. The summed E-state index contributed by atoms with van der Waals surface area (Å²) in [5.74, 6) is 0. The molecule has 4 heteroatoms. The van der Waals surface area contributed by atoms with Crippen LogP contribution in [0.5, 0.6) is 0 Å². The van der Waals surface area contributed by atoms with Crippen LogP contribution < -0.4 is 0 Å². The van der Waals surface area contributed by atoms with Gasteiger partial charge in [0.25, 0.3) is 0 Å². The molecule has 0 amide bonds. The van der Waals surface area contributed by atoms with Crippen molar-refractivity contribution in [3.8, 4) is 0 Å². The van der Waals surface area contributed by atoms with E-state index in [0.717, 1.165) is 17.4 Å². The highest BCUT2D eigenvalue weighted by Gasteiger charge is 2.22. The van der Waals surface area contributed by atoms with Gasteiger partial charge >= 0.3 is 0 Å². The summed E-state index contributed by atoms with van der Waals surface area (Å²) in [5.41, 5.74) is 2.01. The molecule has 0 aliphatic carbocycles. The Kier molecular flexibility index (Phi) is 7.46. The zero-order chi connectivity index (χ0) is 16.3. The van der Waals surface area contributed by atoms with E-state index in [0.29, 0.717) is 19.6 Å². The van der Waals surface area contributed by atoms with Crippen molar-refractivity contribution in [1.29, 1.82) is 0 Å². The van der Waals surface area contributed by atoms with Gasteiger partial charge in [0.05, 0.1) is 19.3 Å². The number of hydrogen-bond donors (Lipinski definition) is 1. The molecular weight excluding hydrogens is 292 g/mol. The van der Waals surface area contributed by atoms with E-state index < -0.39 is 12.2 Å². The minimum absolute atomic E-state index is 0.0571. The Morgan fingerprint density at radius 1 is 0.870 bits per heavy atom. The first kappa shape index (κ1) is 17.3. The largest absolute Gasteiger partial charge is 0.396 e. The van der Waals surface area contributed by atoms with Gasteiger partial charge in [-0.05, 0) is 17.5 Å². The van der Waals surface area contributed by atoms with Gasteiger partial charge in [0.15, 0.2) is 6.29 Å². The molecule has 122 valence electrons. The average Bonchev–Trinajstić information content (AvgIpc) is 2.62. The third kappa shape index (κ3) is 5.94. The smallest absolute Gasteiger partial charge is 0.151 e. The van der Waals surface area contributed by atoms with Crippen LogP contribution in [0.15, 0.2) is 60.7 Å². The second kappa shape index (κ2) is 9.90. The summed E-state index contributed by atoms with van der Waals surface area (Å²) in [6.07, 6.45) is -0.0771. The topological polar surface area (TPSA) is 55.8 Å². The first-order valence-electron chi connectivity index (χ1n) is 7.70. The van der Waals surface area contributed by atoms with Crippen LogP contribution in [0.1, 0.15) is 17.5 Å². The second-order valence-electron chi connectivity index (χ2n) is 5.24. The summed E-state index contributed by atoms with van der Waals surface area (Å²) in [6.45, 7) is 0.657. The average molecular weight is 314 g/mol. The van der Waals surface area contributed by atoms with E-state index in [-0.39, 0.29) is 6.61 Å². The molecule has 0 saturated heterocycles. The Balaban J connectivity index is 1.91. The number of hydrogen-bond acceptors (Lipinski definition) is 4.